The van der Waals surface area contributed by atoms with Gasteiger partial charge in [0.1, 0.15) is 0 Å². The highest BCUT2D eigenvalue weighted by Gasteiger charge is 2.14. The van der Waals surface area contributed by atoms with Crippen molar-refractivity contribution in [3.8, 4) is 0 Å². The Morgan fingerprint density at radius 3 is 2.25 bits per heavy atom. The molecule has 0 nitrogen and oxygen atoms in total. The third-order valence-electron chi connectivity index (χ3n) is 1.37. The van der Waals surface area contributed by atoms with Crippen LogP contribution in [0.1, 0.15) is 5.56 Å². The number of rotatable bonds is 2. The summed E-state index contributed by atoms with van der Waals surface area (Å²) < 4.78 is 0. The van der Waals surface area contributed by atoms with E-state index in [1.54, 1.807) is 0 Å². The average molecular weight is 217 g/mol. The van der Waals surface area contributed by atoms with E-state index in [-0.39, 0.29) is 0 Å². The lowest BCUT2D eigenvalue weighted by molar-refractivity contribution is 1.66. The van der Waals surface area contributed by atoms with Crippen molar-refractivity contribution in [1.82, 2.24) is 0 Å². The smallest absolute Gasteiger partial charge is 0.141 e. The van der Waals surface area contributed by atoms with Gasteiger partial charge in [0.2, 0.25) is 0 Å². The van der Waals surface area contributed by atoms with Crippen molar-refractivity contribution >= 4 is 34.9 Å². The van der Waals surface area contributed by atoms with E-state index >= 15 is 0 Å². The van der Waals surface area contributed by atoms with Gasteiger partial charge in [0.15, 0.2) is 0 Å². The van der Waals surface area contributed by atoms with Gasteiger partial charge in [-0.05, 0) is 12.1 Å². The molecule has 0 bridgehead atoms. The average Bonchev–Trinajstić information content (AvgIpc) is 2.02. The highest BCUT2D eigenvalue weighted by Crippen LogP contribution is 2.16. The molecule has 1 rings (SSSR count). The molecule has 0 heterocycles. The fraction of sp³-hybridized carbons (Fsp3) is 0.111. The Kier molecular flexibility index (Phi) is 3.38. The molecule has 0 aliphatic rings. The van der Waals surface area contributed by atoms with Crippen LogP contribution in [0.4, 0.5) is 0 Å². The lowest BCUT2D eigenvalue weighted by atomic mass is 10.2. The molecule has 12 heavy (non-hydrogen) atoms. The molecule has 0 unspecified atom stereocenters. The van der Waals surface area contributed by atoms with Gasteiger partial charge < -0.3 is 0 Å². The largest absolute Gasteiger partial charge is 0.270 e. The third-order valence-corrected chi connectivity index (χ3v) is 2.88. The molecular weight excluding hydrogens is 207 g/mol. The van der Waals surface area contributed by atoms with Crippen LogP contribution in [0.5, 0.6) is 0 Å². The minimum Gasteiger partial charge on any atom is -0.141 e. The topological polar surface area (TPSA) is 0 Å². The summed E-state index contributed by atoms with van der Waals surface area (Å²) in [7, 11) is 0. The second-order valence-corrected chi connectivity index (χ2v) is 10.2. The summed E-state index contributed by atoms with van der Waals surface area (Å²) in [5, 5.41) is 0. The van der Waals surface area contributed by atoms with Crippen molar-refractivity contribution in [2.24, 2.45) is 0 Å². The lowest BCUT2D eigenvalue weighted by Gasteiger charge is -2.01. The molecule has 1 aromatic rings. The van der Waals surface area contributed by atoms with Crippen molar-refractivity contribution in [3.05, 3.63) is 41.6 Å². The normalized spacial score (nSPS) is 12.2. The van der Waals surface area contributed by atoms with E-state index in [0.29, 0.717) is 0 Å². The van der Waals surface area contributed by atoms with Gasteiger partial charge >= 0.3 is 0 Å². The monoisotopic (exact) mass is 216 g/mol. The summed E-state index contributed by atoms with van der Waals surface area (Å²) in [6.07, 6.45) is 1.96. The van der Waals surface area contributed by atoms with Crippen LogP contribution in [0, 0.1) is 0 Å². The van der Waals surface area contributed by atoms with Gasteiger partial charge in [-0.25, -0.2) is 0 Å². The number of halogens is 2. The maximum absolute atomic E-state index is 5.90. The van der Waals surface area contributed by atoms with Gasteiger partial charge in [-0.2, -0.15) is 0 Å². The van der Waals surface area contributed by atoms with Crippen LogP contribution in [0.3, 0.4) is 0 Å². The first-order chi connectivity index (χ1) is 5.58. The molecule has 0 aliphatic heterocycles. The molecule has 0 aliphatic carbocycles. The first-order valence-corrected chi connectivity index (χ1v) is 8.30. The van der Waals surface area contributed by atoms with E-state index in [2.05, 4.69) is 0 Å². The molecule has 64 valence electrons. The summed E-state index contributed by atoms with van der Waals surface area (Å²) in [5.74, 6) is 0. The molecule has 1 aromatic carbocycles. The van der Waals surface area contributed by atoms with E-state index in [4.69, 9.17) is 22.2 Å². The van der Waals surface area contributed by atoms with Crippen LogP contribution < -0.4 is 0 Å². The summed E-state index contributed by atoms with van der Waals surface area (Å²) in [6, 6.07) is 9.99. The quantitative estimate of drug-likeness (QED) is 0.522. The maximum atomic E-state index is 5.90. The van der Waals surface area contributed by atoms with Crippen molar-refractivity contribution in [1.29, 1.82) is 0 Å². The highest BCUT2D eigenvalue weighted by molar-refractivity contribution is 7.47. The van der Waals surface area contributed by atoms with E-state index < -0.39 is 6.69 Å². The molecule has 0 saturated carbocycles. The predicted octanol–water partition coefficient (Wildman–Crippen LogP) is 3.79. The summed E-state index contributed by atoms with van der Waals surface area (Å²) >= 11 is 11.8. The van der Waals surface area contributed by atoms with E-state index in [0.717, 1.165) is 5.56 Å². The Balaban J connectivity index is 2.71. The fourth-order valence-corrected chi connectivity index (χ4v) is 1.67. The maximum Gasteiger partial charge on any atom is 0.270 e. The van der Waals surface area contributed by atoms with Gasteiger partial charge in [0.25, 0.3) is 6.69 Å². The SMILES string of the molecule is C[Si](Cl)(Cl)/C=C/c1ccccc1. The Morgan fingerprint density at radius 2 is 1.75 bits per heavy atom. The Morgan fingerprint density at radius 1 is 1.17 bits per heavy atom. The predicted molar refractivity (Wildman–Crippen MR) is 58.8 cm³/mol. The molecule has 0 aromatic heterocycles. The first-order valence-electron chi connectivity index (χ1n) is 3.70. The number of benzene rings is 1. The zero-order valence-corrected chi connectivity index (χ0v) is 9.31. The Hall–Kier alpha value is -0.243. The van der Waals surface area contributed by atoms with Crippen LogP contribution in [0.25, 0.3) is 6.08 Å². The van der Waals surface area contributed by atoms with Crippen LogP contribution in [-0.2, 0) is 0 Å². The zero-order valence-electron chi connectivity index (χ0n) is 6.80. The summed E-state index contributed by atoms with van der Waals surface area (Å²) in [4.78, 5) is 0. The molecule has 0 atom stereocenters. The third kappa shape index (κ3) is 3.95. The van der Waals surface area contributed by atoms with Crippen LogP contribution in [0.15, 0.2) is 36.0 Å². The number of hydrogen-bond acceptors (Lipinski definition) is 0. The van der Waals surface area contributed by atoms with E-state index in [1.807, 2.05) is 48.7 Å². The van der Waals surface area contributed by atoms with E-state index in [9.17, 15) is 0 Å². The fourth-order valence-electron chi connectivity index (χ4n) is 0.807. The lowest BCUT2D eigenvalue weighted by Crippen LogP contribution is -2.07. The zero-order chi connectivity index (χ0) is 9.03. The second-order valence-electron chi connectivity index (χ2n) is 2.70. The highest BCUT2D eigenvalue weighted by atomic mass is 35.7. The van der Waals surface area contributed by atoms with E-state index in [1.165, 1.54) is 0 Å². The van der Waals surface area contributed by atoms with Gasteiger partial charge in [0, 0.05) is 0 Å². The standard InChI is InChI=1S/C9H10Cl2Si/c1-12(10,11)8-7-9-5-3-2-4-6-9/h2-8H,1H3/b8-7+. The number of hydrogen-bond donors (Lipinski definition) is 0. The minimum absolute atomic E-state index is 1.14. The first kappa shape index (κ1) is 9.84. The minimum atomic E-state index is -2.08. The Bertz CT molecular complexity index is 262. The molecular formula is C9H10Cl2Si. The van der Waals surface area contributed by atoms with Crippen molar-refractivity contribution in [2.45, 2.75) is 6.55 Å². The van der Waals surface area contributed by atoms with Crippen molar-refractivity contribution in [3.63, 3.8) is 0 Å². The molecule has 0 spiro atoms. The summed E-state index contributed by atoms with van der Waals surface area (Å²) in [5.41, 5.74) is 3.03. The molecule has 0 radical (unpaired) electrons. The van der Waals surface area contributed by atoms with Gasteiger partial charge in [-0.3, -0.25) is 0 Å². The van der Waals surface area contributed by atoms with Crippen LogP contribution >= 0.6 is 22.2 Å². The van der Waals surface area contributed by atoms with Crippen molar-refractivity contribution in [2.75, 3.05) is 0 Å². The second kappa shape index (κ2) is 4.12. The van der Waals surface area contributed by atoms with Crippen molar-refractivity contribution < 1.29 is 0 Å². The summed E-state index contributed by atoms with van der Waals surface area (Å²) in [6.45, 7) is -0.206. The van der Waals surface area contributed by atoms with Gasteiger partial charge in [-0.15, -0.1) is 22.2 Å². The molecule has 0 amide bonds. The molecule has 0 N–H and O–H groups in total. The van der Waals surface area contributed by atoms with Gasteiger partial charge in [0.05, 0.1) is 0 Å². The van der Waals surface area contributed by atoms with Crippen LogP contribution in [0.2, 0.25) is 6.55 Å². The Labute approximate surface area is 83.2 Å². The molecule has 0 fully saturated rings. The molecule has 3 heteroatoms. The molecule has 0 saturated heterocycles. The van der Waals surface area contributed by atoms with Crippen LogP contribution in [-0.4, -0.2) is 6.69 Å². The van der Waals surface area contributed by atoms with Gasteiger partial charge in [-0.1, -0.05) is 42.1 Å².